The SMILES string of the molecule is CC/C=C\C/C=C\C/C=C\C/C=C\C/C=C\CCCCOCC(COC(=O)CCCCCCC/C=C\C/C=C\CCCCC)OC(=O)CCCCCCCCCCCCCCC. The third-order valence-electron chi connectivity index (χ3n) is 10.9. The Balaban J connectivity index is 4.37. The van der Waals surface area contributed by atoms with Crippen LogP contribution in [-0.2, 0) is 23.8 Å². The van der Waals surface area contributed by atoms with E-state index in [1.807, 2.05) is 0 Å². The second-order valence-corrected chi connectivity index (χ2v) is 17.0. The average molecular weight is 863 g/mol. The van der Waals surface area contributed by atoms with Crippen LogP contribution in [0.15, 0.2) is 85.1 Å². The Kier molecular flexibility index (Phi) is 50.0. The summed E-state index contributed by atoms with van der Waals surface area (Å²) in [5.74, 6) is -0.435. The molecule has 356 valence electrons. The van der Waals surface area contributed by atoms with Crippen molar-refractivity contribution in [3.8, 4) is 0 Å². The molecule has 0 amide bonds. The first kappa shape index (κ1) is 59.1. The molecule has 62 heavy (non-hydrogen) atoms. The summed E-state index contributed by atoms with van der Waals surface area (Å²) in [4.78, 5) is 25.4. The molecule has 0 bridgehead atoms. The zero-order valence-corrected chi connectivity index (χ0v) is 40.9. The van der Waals surface area contributed by atoms with Gasteiger partial charge in [-0.15, -0.1) is 0 Å². The van der Waals surface area contributed by atoms with Crippen molar-refractivity contribution in [3.63, 3.8) is 0 Å². The monoisotopic (exact) mass is 863 g/mol. The van der Waals surface area contributed by atoms with E-state index in [4.69, 9.17) is 14.2 Å². The molecule has 0 aliphatic carbocycles. The largest absolute Gasteiger partial charge is 0.462 e. The van der Waals surface area contributed by atoms with Gasteiger partial charge in [0, 0.05) is 19.4 Å². The fraction of sp³-hybridized carbons (Fsp3) is 0.719. The molecule has 1 atom stereocenters. The van der Waals surface area contributed by atoms with Crippen LogP contribution in [-0.4, -0.2) is 37.9 Å². The van der Waals surface area contributed by atoms with Gasteiger partial charge in [0.2, 0.25) is 0 Å². The van der Waals surface area contributed by atoms with Gasteiger partial charge in [-0.05, 0) is 96.3 Å². The van der Waals surface area contributed by atoms with Crippen LogP contribution in [0.25, 0.3) is 0 Å². The maximum Gasteiger partial charge on any atom is 0.306 e. The van der Waals surface area contributed by atoms with Crippen LogP contribution in [0.2, 0.25) is 0 Å². The Labute approximate surface area is 384 Å². The first-order valence-electron chi connectivity index (χ1n) is 26.1. The number of carbonyl (C=O) groups is 2. The van der Waals surface area contributed by atoms with Crippen LogP contribution >= 0.6 is 0 Å². The van der Waals surface area contributed by atoms with Crippen LogP contribution in [0.1, 0.15) is 239 Å². The van der Waals surface area contributed by atoms with Gasteiger partial charge in [0.05, 0.1) is 6.61 Å². The first-order valence-corrected chi connectivity index (χ1v) is 26.1. The van der Waals surface area contributed by atoms with E-state index >= 15 is 0 Å². The van der Waals surface area contributed by atoms with Gasteiger partial charge in [-0.1, -0.05) is 215 Å². The molecule has 0 saturated heterocycles. The number of esters is 2. The molecule has 1 unspecified atom stereocenters. The van der Waals surface area contributed by atoms with Gasteiger partial charge >= 0.3 is 11.9 Å². The van der Waals surface area contributed by atoms with Crippen molar-refractivity contribution in [2.75, 3.05) is 19.8 Å². The van der Waals surface area contributed by atoms with E-state index in [0.29, 0.717) is 19.4 Å². The van der Waals surface area contributed by atoms with E-state index in [0.717, 1.165) is 96.3 Å². The second kappa shape index (κ2) is 52.4. The summed E-state index contributed by atoms with van der Waals surface area (Å²) in [6, 6.07) is 0. The van der Waals surface area contributed by atoms with Crippen molar-refractivity contribution in [2.45, 2.75) is 245 Å². The van der Waals surface area contributed by atoms with Crippen molar-refractivity contribution >= 4 is 11.9 Å². The third-order valence-corrected chi connectivity index (χ3v) is 10.9. The van der Waals surface area contributed by atoms with Crippen LogP contribution in [0.3, 0.4) is 0 Å². The highest BCUT2D eigenvalue weighted by atomic mass is 16.6. The van der Waals surface area contributed by atoms with E-state index in [-0.39, 0.29) is 25.2 Å². The van der Waals surface area contributed by atoms with E-state index < -0.39 is 6.10 Å². The minimum Gasteiger partial charge on any atom is -0.462 e. The highest BCUT2D eigenvalue weighted by molar-refractivity contribution is 5.70. The summed E-state index contributed by atoms with van der Waals surface area (Å²) in [6.07, 6.45) is 68.8. The summed E-state index contributed by atoms with van der Waals surface area (Å²) in [5.41, 5.74) is 0. The lowest BCUT2D eigenvalue weighted by Gasteiger charge is -2.18. The molecule has 0 aromatic carbocycles. The maximum absolute atomic E-state index is 12.8. The summed E-state index contributed by atoms with van der Waals surface area (Å²) in [5, 5.41) is 0. The highest BCUT2D eigenvalue weighted by Gasteiger charge is 2.17. The van der Waals surface area contributed by atoms with Crippen molar-refractivity contribution in [1.29, 1.82) is 0 Å². The molecule has 0 aromatic rings. The van der Waals surface area contributed by atoms with Crippen molar-refractivity contribution < 1.29 is 23.8 Å². The van der Waals surface area contributed by atoms with Gasteiger partial charge in [0.1, 0.15) is 6.61 Å². The zero-order valence-electron chi connectivity index (χ0n) is 40.9. The minimum absolute atomic E-state index is 0.0590. The predicted octanol–water partition coefficient (Wildman–Crippen LogP) is 17.7. The zero-order chi connectivity index (χ0) is 44.9. The fourth-order valence-corrected chi connectivity index (χ4v) is 7.04. The quantitative estimate of drug-likeness (QED) is 0.0346. The molecular weight excluding hydrogens is 765 g/mol. The fourth-order valence-electron chi connectivity index (χ4n) is 7.04. The number of rotatable bonds is 47. The lowest BCUT2D eigenvalue weighted by Crippen LogP contribution is -2.30. The van der Waals surface area contributed by atoms with Crippen LogP contribution < -0.4 is 0 Å². The molecular formula is C57H98O5. The Morgan fingerprint density at radius 3 is 1.19 bits per heavy atom. The molecule has 0 aromatic heterocycles. The number of allylic oxidation sites excluding steroid dienone is 14. The Morgan fingerprint density at radius 2 is 0.726 bits per heavy atom. The molecule has 0 heterocycles. The average Bonchev–Trinajstić information content (AvgIpc) is 3.27. The molecule has 5 nitrogen and oxygen atoms in total. The normalized spacial score (nSPS) is 12.9. The smallest absolute Gasteiger partial charge is 0.306 e. The molecule has 0 N–H and O–H groups in total. The van der Waals surface area contributed by atoms with Gasteiger partial charge < -0.3 is 14.2 Å². The van der Waals surface area contributed by atoms with Crippen molar-refractivity contribution in [1.82, 2.24) is 0 Å². The number of hydrogen-bond donors (Lipinski definition) is 0. The molecule has 0 radical (unpaired) electrons. The predicted molar refractivity (Wildman–Crippen MR) is 270 cm³/mol. The molecule has 0 spiro atoms. The molecule has 0 aliphatic heterocycles. The molecule has 5 heteroatoms. The van der Waals surface area contributed by atoms with E-state index in [1.165, 1.54) is 109 Å². The standard InChI is InChI=1S/C57H98O5/c1-4-7-10-13-16-19-22-25-27-28-29-31-34-37-40-43-46-49-52-60-53-55(62-57(59)51-48-45-42-39-36-32-24-21-18-15-12-9-6-3)54-61-56(58)50-47-44-41-38-35-33-30-26-23-20-17-14-11-8-5-2/h7,10,16-17,19-20,25-27,29-31,37,40,55H,4-6,8-9,11-15,18,21-24,28,32-36,38-39,41-54H2,1-3H3/b10-7-,19-16-,20-17-,27-25-,30-26-,31-29-,40-37-. The topological polar surface area (TPSA) is 61.8 Å². The van der Waals surface area contributed by atoms with Crippen LogP contribution in [0.5, 0.6) is 0 Å². The van der Waals surface area contributed by atoms with E-state index in [9.17, 15) is 9.59 Å². The summed E-state index contributed by atoms with van der Waals surface area (Å²) in [6.45, 7) is 7.58. The summed E-state index contributed by atoms with van der Waals surface area (Å²) in [7, 11) is 0. The van der Waals surface area contributed by atoms with Gasteiger partial charge in [0.25, 0.3) is 0 Å². The van der Waals surface area contributed by atoms with Gasteiger partial charge in [-0.3, -0.25) is 9.59 Å². The summed E-state index contributed by atoms with van der Waals surface area (Å²) < 4.78 is 17.4. The Bertz CT molecular complexity index is 1160. The lowest BCUT2D eigenvalue weighted by molar-refractivity contribution is -0.163. The van der Waals surface area contributed by atoms with Gasteiger partial charge in [-0.25, -0.2) is 0 Å². The van der Waals surface area contributed by atoms with Gasteiger partial charge in [0.15, 0.2) is 6.10 Å². The highest BCUT2D eigenvalue weighted by Crippen LogP contribution is 2.14. The molecule has 0 fully saturated rings. The number of carbonyl (C=O) groups excluding carboxylic acids is 2. The van der Waals surface area contributed by atoms with Crippen molar-refractivity contribution in [2.24, 2.45) is 0 Å². The first-order chi connectivity index (χ1) is 30.6. The van der Waals surface area contributed by atoms with Gasteiger partial charge in [-0.2, -0.15) is 0 Å². The number of hydrogen-bond acceptors (Lipinski definition) is 5. The summed E-state index contributed by atoms with van der Waals surface area (Å²) >= 11 is 0. The van der Waals surface area contributed by atoms with E-state index in [2.05, 4.69) is 106 Å². The van der Waals surface area contributed by atoms with E-state index in [1.54, 1.807) is 0 Å². The molecule has 0 aliphatic rings. The second-order valence-electron chi connectivity index (χ2n) is 17.0. The lowest BCUT2D eigenvalue weighted by atomic mass is 10.0. The molecule has 0 rings (SSSR count). The van der Waals surface area contributed by atoms with Crippen molar-refractivity contribution in [3.05, 3.63) is 85.1 Å². The Morgan fingerprint density at radius 1 is 0.371 bits per heavy atom. The third kappa shape index (κ3) is 49.7. The minimum atomic E-state index is -0.566. The number of ether oxygens (including phenoxy) is 3. The molecule has 0 saturated carbocycles. The van der Waals surface area contributed by atoms with Crippen LogP contribution in [0, 0.1) is 0 Å². The van der Waals surface area contributed by atoms with Crippen LogP contribution in [0.4, 0.5) is 0 Å². The maximum atomic E-state index is 12.8. The Hall–Kier alpha value is -2.92. The number of unbranched alkanes of at least 4 members (excludes halogenated alkanes) is 22.